The van der Waals surface area contributed by atoms with E-state index in [2.05, 4.69) is 0 Å². The molecule has 1 aliphatic rings. The van der Waals surface area contributed by atoms with Crippen LogP contribution in [-0.4, -0.2) is 57.7 Å². The second-order valence-electron chi connectivity index (χ2n) is 7.63. The van der Waals surface area contributed by atoms with Crippen LogP contribution in [0.2, 0.25) is 0 Å². The number of hydrogen-bond acceptors (Lipinski definition) is 6. The summed E-state index contributed by atoms with van der Waals surface area (Å²) < 4.78 is 11.9. The molecule has 3 aromatic carbocycles. The predicted molar refractivity (Wildman–Crippen MR) is 114 cm³/mol. The summed E-state index contributed by atoms with van der Waals surface area (Å²) in [6, 6.07) is 29.1. The molecule has 31 heavy (non-hydrogen) atoms. The van der Waals surface area contributed by atoms with Gasteiger partial charge in [0.2, 0.25) is 0 Å². The number of benzene rings is 3. The fraction of sp³-hybridized carbons (Fsp3) is 0.280. The van der Waals surface area contributed by atoms with Gasteiger partial charge in [-0.2, -0.15) is 0 Å². The van der Waals surface area contributed by atoms with E-state index < -0.39 is 36.3 Å². The molecule has 1 fully saturated rings. The molecular formula is C25H26O6. The molecule has 0 aliphatic carbocycles. The van der Waals surface area contributed by atoms with Gasteiger partial charge in [0, 0.05) is 0 Å². The Bertz CT molecular complexity index is 853. The van der Waals surface area contributed by atoms with E-state index in [1.165, 1.54) is 0 Å². The minimum absolute atomic E-state index is 0.138. The van der Waals surface area contributed by atoms with Crippen LogP contribution in [0.3, 0.4) is 0 Å². The van der Waals surface area contributed by atoms with Crippen molar-refractivity contribution in [2.24, 2.45) is 0 Å². The summed E-state index contributed by atoms with van der Waals surface area (Å²) in [7, 11) is 0. The van der Waals surface area contributed by atoms with Crippen molar-refractivity contribution < 1.29 is 29.9 Å². The Morgan fingerprint density at radius 2 is 1.03 bits per heavy atom. The van der Waals surface area contributed by atoms with Crippen molar-refractivity contribution in [1.82, 2.24) is 0 Å². The molecule has 6 nitrogen and oxygen atoms in total. The first kappa shape index (κ1) is 21.6. The summed E-state index contributed by atoms with van der Waals surface area (Å²) in [6.45, 7) is -0.138. The van der Waals surface area contributed by atoms with E-state index in [-0.39, 0.29) is 6.61 Å². The maximum absolute atomic E-state index is 10.4. The van der Waals surface area contributed by atoms with Crippen LogP contribution in [0.1, 0.15) is 16.7 Å². The van der Waals surface area contributed by atoms with Crippen LogP contribution in [0.5, 0.6) is 0 Å². The van der Waals surface area contributed by atoms with Crippen LogP contribution in [0.4, 0.5) is 0 Å². The van der Waals surface area contributed by atoms with Gasteiger partial charge in [0.15, 0.2) is 6.29 Å². The highest BCUT2D eigenvalue weighted by atomic mass is 16.6. The lowest BCUT2D eigenvalue weighted by molar-refractivity contribution is -0.291. The zero-order chi connectivity index (χ0) is 21.8. The van der Waals surface area contributed by atoms with Crippen LogP contribution in [0.15, 0.2) is 91.0 Å². The lowest BCUT2D eigenvalue weighted by Crippen LogP contribution is -2.59. The van der Waals surface area contributed by atoms with Gasteiger partial charge in [0.25, 0.3) is 0 Å². The summed E-state index contributed by atoms with van der Waals surface area (Å²) in [5.41, 5.74) is 1.59. The van der Waals surface area contributed by atoms with Gasteiger partial charge in [-0.15, -0.1) is 0 Å². The van der Waals surface area contributed by atoms with E-state index in [4.69, 9.17) is 9.47 Å². The Morgan fingerprint density at radius 3 is 1.45 bits per heavy atom. The lowest BCUT2D eigenvalue weighted by Gasteiger charge is -2.41. The Kier molecular flexibility index (Phi) is 6.48. The van der Waals surface area contributed by atoms with Crippen LogP contribution < -0.4 is 0 Å². The van der Waals surface area contributed by atoms with E-state index in [0.29, 0.717) is 0 Å². The van der Waals surface area contributed by atoms with Gasteiger partial charge >= 0.3 is 0 Å². The molecule has 0 unspecified atom stereocenters. The van der Waals surface area contributed by atoms with Gasteiger partial charge in [-0.05, 0) is 16.7 Å². The quantitative estimate of drug-likeness (QED) is 0.452. The number of aliphatic hydroxyl groups excluding tert-OH is 4. The van der Waals surface area contributed by atoms with Crippen LogP contribution in [0, 0.1) is 0 Å². The molecule has 4 N–H and O–H groups in total. The normalized spacial score (nSPS) is 26.5. The molecule has 0 aromatic heterocycles. The van der Waals surface area contributed by atoms with E-state index >= 15 is 0 Å². The zero-order valence-electron chi connectivity index (χ0n) is 16.9. The molecule has 0 saturated carbocycles. The molecule has 1 aliphatic heterocycles. The van der Waals surface area contributed by atoms with Crippen molar-refractivity contribution >= 4 is 0 Å². The summed E-state index contributed by atoms with van der Waals surface area (Å²) in [4.78, 5) is 0. The molecule has 162 valence electrons. The van der Waals surface area contributed by atoms with Crippen molar-refractivity contribution in [3.8, 4) is 0 Å². The molecule has 3 aromatic rings. The van der Waals surface area contributed by atoms with Crippen molar-refractivity contribution in [3.63, 3.8) is 0 Å². The predicted octanol–water partition coefficient (Wildman–Crippen LogP) is 1.79. The fourth-order valence-corrected chi connectivity index (χ4v) is 4.04. The molecule has 6 heteroatoms. The molecule has 5 atom stereocenters. The Balaban J connectivity index is 1.78. The fourth-order valence-electron chi connectivity index (χ4n) is 4.04. The first-order valence-electron chi connectivity index (χ1n) is 10.2. The Hall–Kier alpha value is -2.58. The van der Waals surface area contributed by atoms with Crippen molar-refractivity contribution in [3.05, 3.63) is 108 Å². The molecule has 0 bridgehead atoms. The van der Waals surface area contributed by atoms with Gasteiger partial charge < -0.3 is 29.9 Å². The second-order valence-corrected chi connectivity index (χ2v) is 7.63. The average molecular weight is 422 g/mol. The highest BCUT2D eigenvalue weighted by molar-refractivity contribution is 5.47. The zero-order valence-corrected chi connectivity index (χ0v) is 16.9. The first-order valence-corrected chi connectivity index (χ1v) is 10.2. The monoisotopic (exact) mass is 422 g/mol. The van der Waals surface area contributed by atoms with E-state index in [9.17, 15) is 20.4 Å². The third-order valence-corrected chi connectivity index (χ3v) is 5.69. The van der Waals surface area contributed by atoms with Gasteiger partial charge in [-0.3, -0.25) is 0 Å². The van der Waals surface area contributed by atoms with Gasteiger partial charge in [-0.25, -0.2) is 0 Å². The van der Waals surface area contributed by atoms with Crippen molar-refractivity contribution in [2.45, 2.75) is 36.3 Å². The van der Waals surface area contributed by atoms with Gasteiger partial charge in [-0.1, -0.05) is 91.0 Å². The number of rotatable bonds is 6. The summed E-state index contributed by atoms with van der Waals surface area (Å²) in [5.74, 6) is 0. The van der Waals surface area contributed by atoms with Crippen molar-refractivity contribution in [1.29, 1.82) is 0 Å². The molecule has 1 heterocycles. The summed E-state index contributed by atoms with van der Waals surface area (Å²) in [6.07, 6.45) is -7.21. The van der Waals surface area contributed by atoms with E-state index in [1.54, 1.807) is 0 Å². The lowest BCUT2D eigenvalue weighted by atomic mass is 9.80. The van der Waals surface area contributed by atoms with Gasteiger partial charge in [0.05, 0.1) is 6.61 Å². The van der Waals surface area contributed by atoms with Crippen LogP contribution >= 0.6 is 0 Å². The maximum atomic E-state index is 10.4. The molecular weight excluding hydrogens is 396 g/mol. The Labute approximate surface area is 180 Å². The van der Waals surface area contributed by atoms with E-state index in [0.717, 1.165) is 16.7 Å². The van der Waals surface area contributed by atoms with Crippen LogP contribution in [-0.2, 0) is 15.1 Å². The highest BCUT2D eigenvalue weighted by Gasteiger charge is 2.45. The standard InChI is InChI=1S/C25H26O6/c26-21-20(31-24(29)23(28)22(21)27)16-30-25(17-10-4-1-5-11-17,18-12-6-2-7-13-18)19-14-8-3-9-15-19/h1-15,20-24,26-29H,16H2/t20-,21-,22-,23-,24+/m1/s1. The van der Waals surface area contributed by atoms with Gasteiger partial charge in [0.1, 0.15) is 30.0 Å². The number of hydrogen-bond donors (Lipinski definition) is 4. The molecule has 1 saturated heterocycles. The topological polar surface area (TPSA) is 99.4 Å². The SMILES string of the molecule is O[C@H]1[C@@H](O)[C@@H](O)O[C@H](COC(c2ccccc2)(c2ccccc2)c2ccccc2)[C@H]1O. The Morgan fingerprint density at radius 1 is 0.613 bits per heavy atom. The highest BCUT2D eigenvalue weighted by Crippen LogP contribution is 2.41. The van der Waals surface area contributed by atoms with Crippen LogP contribution in [0.25, 0.3) is 0 Å². The van der Waals surface area contributed by atoms with Crippen molar-refractivity contribution in [2.75, 3.05) is 6.61 Å². The third-order valence-electron chi connectivity index (χ3n) is 5.69. The molecule has 4 rings (SSSR count). The summed E-state index contributed by atoms with van der Waals surface area (Å²) >= 11 is 0. The first-order chi connectivity index (χ1) is 15.0. The third kappa shape index (κ3) is 4.14. The minimum Gasteiger partial charge on any atom is -0.387 e. The average Bonchev–Trinajstić information content (AvgIpc) is 2.83. The largest absolute Gasteiger partial charge is 0.387 e. The number of aliphatic hydroxyl groups is 4. The number of ether oxygens (including phenoxy) is 2. The molecule has 0 amide bonds. The van der Waals surface area contributed by atoms with E-state index in [1.807, 2.05) is 91.0 Å². The molecule has 0 radical (unpaired) electrons. The summed E-state index contributed by atoms with van der Waals surface area (Å²) in [5, 5.41) is 40.2. The minimum atomic E-state index is -1.62. The smallest absolute Gasteiger partial charge is 0.184 e. The maximum Gasteiger partial charge on any atom is 0.184 e. The molecule has 0 spiro atoms. The second kappa shape index (κ2) is 9.28.